The summed E-state index contributed by atoms with van der Waals surface area (Å²) >= 11 is 0. The molecule has 3 rings (SSSR count). The molecule has 0 aliphatic carbocycles. The summed E-state index contributed by atoms with van der Waals surface area (Å²) in [5, 5.41) is 15.6. The van der Waals surface area contributed by atoms with E-state index in [9.17, 15) is 27.9 Å². The van der Waals surface area contributed by atoms with Gasteiger partial charge in [0, 0.05) is 25.0 Å². The molecule has 0 spiro atoms. The first-order chi connectivity index (χ1) is 18.7. The van der Waals surface area contributed by atoms with Gasteiger partial charge >= 0.3 is 18.2 Å². The molecule has 2 amide bonds. The monoisotopic (exact) mass is 559 g/mol. The van der Waals surface area contributed by atoms with E-state index in [2.05, 4.69) is 15.4 Å². The molecule has 2 atom stereocenters. The standard InChI is InChI=1S/C28H32F3N5O4/c1-26(2,3)40-25(38)35-36(4)18-27(39,21-13-9-8-12-20(21)22-17-32-14-15-33-22)23(34-24(37)28(29,30)31)16-19-10-6-5-7-11-19/h5-15,17,23,39H,16,18H2,1-4H3,(H,34,37)(H,35,38). The van der Waals surface area contributed by atoms with E-state index in [-0.39, 0.29) is 12.0 Å². The van der Waals surface area contributed by atoms with Crippen molar-refractivity contribution < 1.29 is 32.6 Å². The molecule has 0 bridgehead atoms. The lowest BCUT2D eigenvalue weighted by molar-refractivity contribution is -0.176. The third-order valence-electron chi connectivity index (χ3n) is 5.81. The number of carbonyl (C=O) groups is 2. The van der Waals surface area contributed by atoms with Crippen LogP contribution in [0.4, 0.5) is 18.0 Å². The predicted octanol–water partition coefficient (Wildman–Crippen LogP) is 3.99. The second-order valence-electron chi connectivity index (χ2n) is 10.2. The summed E-state index contributed by atoms with van der Waals surface area (Å²) in [4.78, 5) is 33.1. The number of benzene rings is 2. The molecule has 0 saturated heterocycles. The van der Waals surface area contributed by atoms with Crippen molar-refractivity contribution in [1.82, 2.24) is 25.7 Å². The van der Waals surface area contributed by atoms with Crippen LogP contribution < -0.4 is 10.7 Å². The summed E-state index contributed by atoms with van der Waals surface area (Å²) in [6.07, 6.45) is -1.87. The van der Waals surface area contributed by atoms with Crippen LogP contribution in [-0.4, -0.2) is 63.5 Å². The molecule has 0 aliphatic heterocycles. The first-order valence-electron chi connectivity index (χ1n) is 12.4. The van der Waals surface area contributed by atoms with Crippen LogP contribution in [0.1, 0.15) is 31.9 Å². The number of likely N-dealkylation sites (N-methyl/N-ethyl adjacent to an activating group) is 1. The second-order valence-corrected chi connectivity index (χ2v) is 10.2. The largest absolute Gasteiger partial charge is 0.471 e. The van der Waals surface area contributed by atoms with Crippen LogP contribution >= 0.6 is 0 Å². The highest BCUT2D eigenvalue weighted by Gasteiger charge is 2.47. The number of hydrogen-bond donors (Lipinski definition) is 3. The van der Waals surface area contributed by atoms with E-state index in [1.807, 2.05) is 5.32 Å². The lowest BCUT2D eigenvalue weighted by Gasteiger charge is -2.41. The second kappa shape index (κ2) is 12.4. The van der Waals surface area contributed by atoms with E-state index in [0.717, 1.165) is 0 Å². The van der Waals surface area contributed by atoms with Crippen molar-refractivity contribution >= 4 is 12.0 Å². The van der Waals surface area contributed by atoms with Crippen molar-refractivity contribution in [2.75, 3.05) is 13.6 Å². The minimum absolute atomic E-state index is 0.164. The molecule has 40 heavy (non-hydrogen) atoms. The van der Waals surface area contributed by atoms with Crippen molar-refractivity contribution in [1.29, 1.82) is 0 Å². The molecule has 0 aliphatic rings. The van der Waals surface area contributed by atoms with Crippen molar-refractivity contribution in [3.63, 3.8) is 0 Å². The summed E-state index contributed by atoms with van der Waals surface area (Å²) in [6.45, 7) is 4.56. The van der Waals surface area contributed by atoms with Gasteiger partial charge in [-0.1, -0.05) is 54.6 Å². The zero-order chi connectivity index (χ0) is 29.6. The highest BCUT2D eigenvalue weighted by atomic mass is 19.4. The van der Waals surface area contributed by atoms with Gasteiger partial charge in [0.05, 0.1) is 24.5 Å². The molecule has 0 radical (unpaired) electrons. The van der Waals surface area contributed by atoms with Gasteiger partial charge in [-0.25, -0.2) is 9.80 Å². The van der Waals surface area contributed by atoms with E-state index >= 15 is 0 Å². The molecule has 12 heteroatoms. The zero-order valence-corrected chi connectivity index (χ0v) is 22.6. The van der Waals surface area contributed by atoms with E-state index in [4.69, 9.17) is 4.74 Å². The number of amides is 2. The number of halogens is 3. The smallest absolute Gasteiger partial charge is 0.443 e. The molecule has 2 aromatic carbocycles. The number of aliphatic hydroxyl groups is 1. The minimum atomic E-state index is -5.21. The number of nitrogens with one attached hydrogen (secondary N) is 2. The number of nitrogens with zero attached hydrogens (tertiary/aromatic N) is 3. The molecule has 9 nitrogen and oxygen atoms in total. The van der Waals surface area contributed by atoms with Gasteiger partial charge in [-0.15, -0.1) is 0 Å². The third kappa shape index (κ3) is 8.23. The van der Waals surface area contributed by atoms with Gasteiger partial charge in [0.15, 0.2) is 0 Å². The quantitative estimate of drug-likeness (QED) is 0.340. The van der Waals surface area contributed by atoms with E-state index in [1.165, 1.54) is 36.7 Å². The van der Waals surface area contributed by atoms with Crippen molar-refractivity contribution in [2.45, 2.75) is 50.6 Å². The summed E-state index contributed by atoms with van der Waals surface area (Å²) in [5.74, 6) is -2.22. The van der Waals surface area contributed by atoms with Gasteiger partial charge in [-0.05, 0) is 38.3 Å². The van der Waals surface area contributed by atoms with Gasteiger partial charge in [0.2, 0.25) is 0 Å². The highest BCUT2D eigenvalue weighted by molar-refractivity contribution is 5.82. The normalized spacial score (nSPS) is 14.2. The number of hydrogen-bond acceptors (Lipinski definition) is 7. The molecular weight excluding hydrogens is 527 g/mol. The Bertz CT molecular complexity index is 1290. The van der Waals surface area contributed by atoms with Crippen LogP contribution in [0.3, 0.4) is 0 Å². The molecule has 1 aromatic heterocycles. The fourth-order valence-corrected chi connectivity index (χ4v) is 4.19. The van der Waals surface area contributed by atoms with Crippen LogP contribution in [-0.2, 0) is 21.6 Å². The van der Waals surface area contributed by atoms with E-state index in [0.29, 0.717) is 16.8 Å². The van der Waals surface area contributed by atoms with Gasteiger partial charge in [0.25, 0.3) is 0 Å². The molecule has 3 N–H and O–H groups in total. The number of hydrazine groups is 1. The maximum atomic E-state index is 13.5. The predicted molar refractivity (Wildman–Crippen MR) is 141 cm³/mol. The molecular formula is C28H32F3N5O4. The van der Waals surface area contributed by atoms with Crippen LogP contribution in [0.2, 0.25) is 0 Å². The average molecular weight is 560 g/mol. The number of alkyl halides is 3. The first kappa shape index (κ1) is 30.5. The Hall–Kier alpha value is -4.03. The molecule has 2 unspecified atom stereocenters. The van der Waals surface area contributed by atoms with E-state index in [1.54, 1.807) is 69.3 Å². The van der Waals surface area contributed by atoms with Crippen LogP contribution in [0, 0.1) is 0 Å². The Morgan fingerprint density at radius 1 is 1.02 bits per heavy atom. The lowest BCUT2D eigenvalue weighted by atomic mass is 9.79. The number of ether oxygens (including phenoxy) is 1. The van der Waals surface area contributed by atoms with E-state index < -0.39 is 42.0 Å². The highest BCUT2D eigenvalue weighted by Crippen LogP contribution is 2.35. The molecule has 3 aromatic rings. The summed E-state index contributed by atoms with van der Waals surface area (Å²) in [5.41, 5.74) is 0.902. The average Bonchev–Trinajstić information content (AvgIpc) is 2.87. The Kier molecular flexibility index (Phi) is 9.48. The van der Waals surface area contributed by atoms with Gasteiger partial charge in [-0.2, -0.15) is 13.2 Å². The fourth-order valence-electron chi connectivity index (χ4n) is 4.19. The SMILES string of the molecule is CN(CC(O)(c1ccccc1-c1cnccn1)C(Cc1ccccc1)NC(=O)C(F)(F)F)NC(=O)OC(C)(C)C. The zero-order valence-electron chi connectivity index (χ0n) is 22.6. The maximum Gasteiger partial charge on any atom is 0.471 e. The van der Waals surface area contributed by atoms with Crippen molar-refractivity contribution in [3.05, 3.63) is 84.3 Å². The van der Waals surface area contributed by atoms with Gasteiger partial charge in [-0.3, -0.25) is 20.2 Å². The number of aromatic nitrogens is 2. The topological polar surface area (TPSA) is 117 Å². The van der Waals surface area contributed by atoms with Crippen LogP contribution in [0.25, 0.3) is 11.3 Å². The molecule has 1 heterocycles. The van der Waals surface area contributed by atoms with Crippen molar-refractivity contribution in [3.8, 4) is 11.3 Å². The molecule has 214 valence electrons. The Morgan fingerprint density at radius 2 is 1.68 bits per heavy atom. The van der Waals surface area contributed by atoms with Crippen LogP contribution in [0.15, 0.2) is 73.2 Å². The molecule has 0 fully saturated rings. The van der Waals surface area contributed by atoms with Crippen molar-refractivity contribution in [2.24, 2.45) is 0 Å². The summed E-state index contributed by atoms with van der Waals surface area (Å²) in [7, 11) is 1.42. The number of carbonyl (C=O) groups excluding carboxylic acids is 2. The summed E-state index contributed by atoms with van der Waals surface area (Å²) in [6, 6.07) is 13.4. The number of rotatable bonds is 9. The maximum absolute atomic E-state index is 13.5. The minimum Gasteiger partial charge on any atom is -0.443 e. The third-order valence-corrected chi connectivity index (χ3v) is 5.81. The molecule has 0 saturated carbocycles. The Balaban J connectivity index is 2.14. The van der Waals surface area contributed by atoms with Gasteiger partial charge < -0.3 is 15.2 Å². The van der Waals surface area contributed by atoms with Gasteiger partial charge in [0.1, 0.15) is 11.2 Å². The lowest BCUT2D eigenvalue weighted by Crippen LogP contribution is -2.60. The Labute approximate surface area is 230 Å². The fraction of sp³-hybridized carbons (Fsp3) is 0.357. The summed E-state index contributed by atoms with van der Waals surface area (Å²) < 4.78 is 45.7. The van der Waals surface area contributed by atoms with Crippen LogP contribution in [0.5, 0.6) is 0 Å². The first-order valence-corrected chi connectivity index (χ1v) is 12.4. The Morgan fingerprint density at radius 3 is 2.27 bits per heavy atom.